The quantitative estimate of drug-likeness (QED) is 0.394. The minimum Gasteiger partial charge on any atom is -0.423 e. The van der Waals surface area contributed by atoms with Gasteiger partial charge in [0.25, 0.3) is 0 Å². The third-order valence-electron chi connectivity index (χ3n) is 5.50. The SMILES string of the molecule is OB(O)c1cccc(-c2cccc(-c3cc(-c4ccccc4)nc(-c4ccccc4)n3)c2)c1. The molecule has 0 bridgehead atoms. The molecule has 5 heteroatoms. The van der Waals surface area contributed by atoms with Crippen LogP contribution in [0.2, 0.25) is 0 Å². The molecule has 0 unspecified atom stereocenters. The summed E-state index contributed by atoms with van der Waals surface area (Å²) in [5.74, 6) is 0.669. The highest BCUT2D eigenvalue weighted by Crippen LogP contribution is 2.29. The van der Waals surface area contributed by atoms with Gasteiger partial charge in [-0.1, -0.05) is 103 Å². The Kier molecular flexibility index (Phi) is 5.81. The van der Waals surface area contributed by atoms with Crippen molar-refractivity contribution in [3.8, 4) is 45.0 Å². The number of aromatic nitrogens is 2. The fourth-order valence-electron chi connectivity index (χ4n) is 3.81. The highest BCUT2D eigenvalue weighted by atomic mass is 16.4. The standard InChI is InChI=1S/C28H21BN2O2/c32-29(33)25-16-8-14-23(18-25)22-13-7-15-24(17-22)27-19-26(20-9-3-1-4-10-20)30-28(31-27)21-11-5-2-6-12-21/h1-19,32-33H. The third kappa shape index (κ3) is 4.60. The van der Waals surface area contributed by atoms with E-state index in [9.17, 15) is 10.0 Å². The summed E-state index contributed by atoms with van der Waals surface area (Å²) < 4.78 is 0. The molecule has 2 N–H and O–H groups in total. The van der Waals surface area contributed by atoms with Crippen molar-refractivity contribution in [3.05, 3.63) is 115 Å². The molecule has 0 atom stereocenters. The largest absolute Gasteiger partial charge is 0.488 e. The molecule has 1 aromatic heterocycles. The van der Waals surface area contributed by atoms with Gasteiger partial charge in [-0.2, -0.15) is 0 Å². The van der Waals surface area contributed by atoms with Crippen molar-refractivity contribution in [2.75, 3.05) is 0 Å². The summed E-state index contributed by atoms with van der Waals surface area (Å²) in [6.45, 7) is 0. The van der Waals surface area contributed by atoms with Gasteiger partial charge in [-0.05, 0) is 28.7 Å². The molecule has 0 spiro atoms. The highest BCUT2D eigenvalue weighted by Gasteiger charge is 2.13. The van der Waals surface area contributed by atoms with E-state index in [1.807, 2.05) is 97.1 Å². The minimum atomic E-state index is -1.50. The van der Waals surface area contributed by atoms with Crippen molar-refractivity contribution in [1.29, 1.82) is 0 Å². The number of hydrogen-bond acceptors (Lipinski definition) is 4. The van der Waals surface area contributed by atoms with Crippen LogP contribution in [0, 0.1) is 0 Å². The molecule has 0 radical (unpaired) electrons. The van der Waals surface area contributed by atoms with E-state index < -0.39 is 7.12 Å². The van der Waals surface area contributed by atoms with Crippen molar-refractivity contribution < 1.29 is 10.0 Å². The Morgan fingerprint density at radius 2 is 0.970 bits per heavy atom. The summed E-state index contributed by atoms with van der Waals surface area (Å²) in [6.07, 6.45) is 0. The van der Waals surface area contributed by atoms with Gasteiger partial charge < -0.3 is 10.0 Å². The minimum absolute atomic E-state index is 0.456. The van der Waals surface area contributed by atoms with E-state index in [2.05, 4.69) is 6.07 Å². The average molecular weight is 428 g/mol. The lowest BCUT2D eigenvalue weighted by molar-refractivity contribution is 0.426. The Hall–Kier alpha value is -4.06. The van der Waals surface area contributed by atoms with Crippen LogP contribution in [0.5, 0.6) is 0 Å². The molecule has 5 aromatic rings. The van der Waals surface area contributed by atoms with E-state index >= 15 is 0 Å². The van der Waals surface area contributed by atoms with Crippen molar-refractivity contribution in [2.45, 2.75) is 0 Å². The van der Waals surface area contributed by atoms with Gasteiger partial charge in [0.05, 0.1) is 11.4 Å². The zero-order valence-corrected chi connectivity index (χ0v) is 17.8. The monoisotopic (exact) mass is 428 g/mol. The van der Waals surface area contributed by atoms with Crippen LogP contribution in [-0.2, 0) is 0 Å². The van der Waals surface area contributed by atoms with Gasteiger partial charge in [-0.25, -0.2) is 9.97 Å². The van der Waals surface area contributed by atoms with Crippen molar-refractivity contribution in [3.63, 3.8) is 0 Å². The molecular formula is C28H21BN2O2. The van der Waals surface area contributed by atoms with E-state index in [0.29, 0.717) is 11.3 Å². The van der Waals surface area contributed by atoms with Gasteiger partial charge in [0.1, 0.15) is 0 Å². The molecule has 0 fully saturated rings. The van der Waals surface area contributed by atoms with Crippen LogP contribution in [0.15, 0.2) is 115 Å². The second-order valence-corrected chi connectivity index (χ2v) is 7.77. The maximum atomic E-state index is 9.54. The predicted molar refractivity (Wildman–Crippen MR) is 134 cm³/mol. The number of nitrogens with zero attached hydrogens (tertiary/aromatic N) is 2. The van der Waals surface area contributed by atoms with E-state index in [-0.39, 0.29) is 0 Å². The summed E-state index contributed by atoms with van der Waals surface area (Å²) >= 11 is 0. The molecule has 0 saturated heterocycles. The molecule has 0 aliphatic carbocycles. The summed E-state index contributed by atoms with van der Waals surface area (Å²) in [6, 6.07) is 37.4. The maximum Gasteiger partial charge on any atom is 0.488 e. The average Bonchev–Trinajstić information content (AvgIpc) is 2.89. The van der Waals surface area contributed by atoms with Gasteiger partial charge >= 0.3 is 7.12 Å². The van der Waals surface area contributed by atoms with Crippen LogP contribution in [0.4, 0.5) is 0 Å². The number of hydrogen-bond donors (Lipinski definition) is 2. The summed E-state index contributed by atoms with van der Waals surface area (Å²) in [7, 11) is -1.50. The van der Waals surface area contributed by atoms with E-state index in [1.165, 1.54) is 0 Å². The summed E-state index contributed by atoms with van der Waals surface area (Å²) in [5, 5.41) is 19.1. The molecule has 0 amide bonds. The lowest BCUT2D eigenvalue weighted by Gasteiger charge is -2.11. The first kappa shape index (κ1) is 20.8. The molecule has 4 nitrogen and oxygen atoms in total. The van der Waals surface area contributed by atoms with E-state index in [1.54, 1.807) is 12.1 Å². The Morgan fingerprint density at radius 3 is 1.64 bits per heavy atom. The molecule has 0 aliphatic rings. The Balaban J connectivity index is 1.63. The topological polar surface area (TPSA) is 66.2 Å². The lowest BCUT2D eigenvalue weighted by Crippen LogP contribution is -2.29. The molecule has 5 rings (SSSR count). The molecule has 1 heterocycles. The van der Waals surface area contributed by atoms with Gasteiger partial charge in [0.15, 0.2) is 5.82 Å². The molecular weight excluding hydrogens is 407 g/mol. The van der Waals surface area contributed by atoms with Crippen LogP contribution >= 0.6 is 0 Å². The molecule has 0 aliphatic heterocycles. The van der Waals surface area contributed by atoms with Crippen molar-refractivity contribution in [1.82, 2.24) is 9.97 Å². The fourth-order valence-corrected chi connectivity index (χ4v) is 3.81. The molecule has 0 saturated carbocycles. The third-order valence-corrected chi connectivity index (χ3v) is 5.50. The zero-order chi connectivity index (χ0) is 22.6. The van der Waals surface area contributed by atoms with Crippen LogP contribution in [0.25, 0.3) is 45.0 Å². The van der Waals surface area contributed by atoms with Gasteiger partial charge in [0, 0.05) is 16.7 Å². The second kappa shape index (κ2) is 9.21. The Labute approximate surface area is 193 Å². The van der Waals surface area contributed by atoms with Crippen LogP contribution in [0.3, 0.4) is 0 Å². The molecule has 4 aromatic carbocycles. The fraction of sp³-hybridized carbons (Fsp3) is 0. The first-order valence-corrected chi connectivity index (χ1v) is 10.7. The zero-order valence-electron chi connectivity index (χ0n) is 17.8. The summed E-state index contributed by atoms with van der Waals surface area (Å²) in [5.41, 5.74) is 6.95. The smallest absolute Gasteiger partial charge is 0.423 e. The van der Waals surface area contributed by atoms with Crippen LogP contribution < -0.4 is 5.46 Å². The van der Waals surface area contributed by atoms with E-state index in [4.69, 9.17) is 9.97 Å². The predicted octanol–water partition coefficient (Wildman–Crippen LogP) is 4.82. The van der Waals surface area contributed by atoms with Gasteiger partial charge in [0.2, 0.25) is 0 Å². The lowest BCUT2D eigenvalue weighted by atomic mass is 9.79. The molecule has 33 heavy (non-hydrogen) atoms. The molecule has 158 valence electrons. The van der Waals surface area contributed by atoms with E-state index in [0.717, 1.165) is 39.2 Å². The normalized spacial score (nSPS) is 10.7. The van der Waals surface area contributed by atoms with Crippen LogP contribution in [-0.4, -0.2) is 27.1 Å². The first-order valence-electron chi connectivity index (χ1n) is 10.7. The Morgan fingerprint density at radius 1 is 0.455 bits per heavy atom. The maximum absolute atomic E-state index is 9.54. The van der Waals surface area contributed by atoms with Crippen molar-refractivity contribution >= 4 is 12.6 Å². The van der Waals surface area contributed by atoms with Crippen LogP contribution in [0.1, 0.15) is 0 Å². The van der Waals surface area contributed by atoms with Crippen molar-refractivity contribution in [2.24, 2.45) is 0 Å². The Bertz CT molecular complexity index is 1330. The highest BCUT2D eigenvalue weighted by molar-refractivity contribution is 6.58. The summed E-state index contributed by atoms with van der Waals surface area (Å²) in [4.78, 5) is 9.73. The number of rotatable bonds is 5. The van der Waals surface area contributed by atoms with Gasteiger partial charge in [-0.15, -0.1) is 0 Å². The second-order valence-electron chi connectivity index (χ2n) is 7.77. The van der Waals surface area contributed by atoms with Gasteiger partial charge in [-0.3, -0.25) is 0 Å². The first-order chi connectivity index (χ1) is 16.2. The number of benzene rings is 4.